The van der Waals surface area contributed by atoms with Crippen molar-refractivity contribution in [3.63, 3.8) is 0 Å². The first-order valence-corrected chi connectivity index (χ1v) is 11.2. The van der Waals surface area contributed by atoms with Crippen LogP contribution in [-0.2, 0) is 14.8 Å². The van der Waals surface area contributed by atoms with Gasteiger partial charge in [0.25, 0.3) is 15.9 Å². The second-order valence-corrected chi connectivity index (χ2v) is 9.05. The molecule has 8 heteroatoms. The molecule has 0 radical (unpaired) electrons. The van der Waals surface area contributed by atoms with E-state index in [0.29, 0.717) is 15.8 Å². The summed E-state index contributed by atoms with van der Waals surface area (Å²) in [7, 11) is -2.76. The molecule has 0 atom stereocenters. The smallest absolute Gasteiger partial charge is 0.278 e. The number of ether oxygens (including phenoxy) is 2. The number of hydrogen-bond acceptors (Lipinski definition) is 5. The van der Waals surface area contributed by atoms with Crippen LogP contribution in [0, 0.1) is 13.8 Å². The fraction of sp³-hybridized carbons (Fsp3) is 0.174. The predicted octanol–water partition coefficient (Wildman–Crippen LogP) is 4.77. The number of rotatable bonds is 7. The van der Waals surface area contributed by atoms with Crippen LogP contribution >= 0.6 is 11.6 Å². The van der Waals surface area contributed by atoms with Gasteiger partial charge in [-0.2, -0.15) is 4.31 Å². The van der Waals surface area contributed by atoms with Crippen molar-refractivity contribution in [1.82, 2.24) is 0 Å². The second-order valence-electron chi connectivity index (χ2n) is 6.85. The molecule has 0 saturated carbocycles. The van der Waals surface area contributed by atoms with Gasteiger partial charge >= 0.3 is 0 Å². The number of hydrogen-bond donors (Lipinski definition) is 0. The molecule has 162 valence electrons. The van der Waals surface area contributed by atoms with Gasteiger partial charge in [0.05, 0.1) is 22.7 Å². The first-order valence-electron chi connectivity index (χ1n) is 9.41. The molecular formula is C23H22ClNO5S. The van der Waals surface area contributed by atoms with E-state index in [1.807, 2.05) is 26.0 Å². The van der Waals surface area contributed by atoms with Gasteiger partial charge in [0.15, 0.2) is 6.61 Å². The highest BCUT2D eigenvalue weighted by Crippen LogP contribution is 2.32. The van der Waals surface area contributed by atoms with Gasteiger partial charge in [-0.25, -0.2) is 8.42 Å². The molecule has 0 bridgehead atoms. The Bertz CT molecular complexity index is 1200. The van der Waals surface area contributed by atoms with Crippen LogP contribution in [-0.4, -0.2) is 28.0 Å². The summed E-state index contributed by atoms with van der Waals surface area (Å²) in [5.41, 5.74) is 1.89. The Morgan fingerprint density at radius 1 is 0.968 bits per heavy atom. The third-order valence-electron chi connectivity index (χ3n) is 4.57. The fourth-order valence-electron chi connectivity index (χ4n) is 2.96. The Kier molecular flexibility index (Phi) is 6.87. The number of benzene rings is 3. The molecule has 0 unspecified atom stereocenters. The van der Waals surface area contributed by atoms with E-state index in [1.165, 1.54) is 37.4 Å². The number of aryl methyl sites for hydroxylation is 2. The van der Waals surface area contributed by atoms with Crippen LogP contribution in [0.1, 0.15) is 11.1 Å². The van der Waals surface area contributed by atoms with Crippen molar-refractivity contribution in [3.8, 4) is 11.5 Å². The van der Waals surface area contributed by atoms with Gasteiger partial charge in [0.2, 0.25) is 0 Å². The Morgan fingerprint density at radius 3 is 2.32 bits per heavy atom. The summed E-state index contributed by atoms with van der Waals surface area (Å²) < 4.78 is 38.2. The highest BCUT2D eigenvalue weighted by Gasteiger charge is 2.32. The average Bonchev–Trinajstić information content (AvgIpc) is 2.75. The number of carbonyl (C=O) groups is 1. The largest absolute Gasteiger partial charge is 0.495 e. The average molecular weight is 460 g/mol. The number of anilines is 1. The van der Waals surface area contributed by atoms with Crippen LogP contribution in [0.15, 0.2) is 71.6 Å². The minimum absolute atomic E-state index is 0.0259. The lowest BCUT2D eigenvalue weighted by molar-refractivity contribution is -0.119. The third-order valence-corrected chi connectivity index (χ3v) is 6.63. The second kappa shape index (κ2) is 9.41. The Balaban J connectivity index is 2.00. The summed E-state index contributed by atoms with van der Waals surface area (Å²) in [6.45, 7) is 3.28. The zero-order valence-electron chi connectivity index (χ0n) is 17.3. The van der Waals surface area contributed by atoms with Crippen molar-refractivity contribution in [2.45, 2.75) is 18.7 Å². The molecule has 0 aliphatic rings. The topological polar surface area (TPSA) is 72.9 Å². The Labute approximate surface area is 187 Å². The van der Waals surface area contributed by atoms with Gasteiger partial charge in [-0.1, -0.05) is 41.9 Å². The lowest BCUT2D eigenvalue weighted by Crippen LogP contribution is -2.40. The summed E-state index contributed by atoms with van der Waals surface area (Å²) in [6, 6.07) is 17.6. The SMILES string of the molecule is COc1ccc(N(C(=O)COc2cc(C)ccc2C)S(=O)(=O)c2ccccc2)cc1Cl. The van der Waals surface area contributed by atoms with E-state index >= 15 is 0 Å². The highest BCUT2D eigenvalue weighted by atomic mass is 35.5. The Morgan fingerprint density at radius 2 is 1.68 bits per heavy atom. The van der Waals surface area contributed by atoms with Gasteiger partial charge in [-0.15, -0.1) is 0 Å². The summed E-state index contributed by atoms with van der Waals surface area (Å²) >= 11 is 6.20. The number of halogens is 1. The normalized spacial score (nSPS) is 11.1. The molecule has 3 aromatic rings. The number of nitrogens with zero attached hydrogens (tertiary/aromatic N) is 1. The minimum atomic E-state index is -4.21. The van der Waals surface area contributed by atoms with Crippen molar-refractivity contribution in [3.05, 3.63) is 82.9 Å². The van der Waals surface area contributed by atoms with Gasteiger partial charge in [-0.3, -0.25) is 4.79 Å². The maximum atomic E-state index is 13.3. The van der Waals surface area contributed by atoms with Crippen molar-refractivity contribution < 1.29 is 22.7 Å². The minimum Gasteiger partial charge on any atom is -0.495 e. The molecule has 3 rings (SSSR count). The first-order chi connectivity index (χ1) is 14.7. The van der Waals surface area contributed by atoms with Gasteiger partial charge in [0.1, 0.15) is 11.5 Å². The van der Waals surface area contributed by atoms with Crippen molar-refractivity contribution in [2.24, 2.45) is 0 Å². The Hall–Kier alpha value is -3.03. The molecular weight excluding hydrogens is 438 g/mol. The monoisotopic (exact) mass is 459 g/mol. The van der Waals surface area contributed by atoms with Crippen LogP contribution in [0.5, 0.6) is 11.5 Å². The van der Waals surface area contributed by atoms with Crippen molar-refractivity contribution in [2.75, 3.05) is 18.0 Å². The summed E-state index contributed by atoms with van der Waals surface area (Å²) in [6.07, 6.45) is 0. The summed E-state index contributed by atoms with van der Waals surface area (Å²) in [5.74, 6) is 0.116. The number of carbonyl (C=O) groups excluding carboxylic acids is 1. The van der Waals surface area contributed by atoms with Crippen LogP contribution in [0.2, 0.25) is 5.02 Å². The molecule has 0 aliphatic heterocycles. The van der Waals surface area contributed by atoms with E-state index in [2.05, 4.69) is 0 Å². The number of methoxy groups -OCH3 is 1. The van der Waals surface area contributed by atoms with Gasteiger partial charge in [-0.05, 0) is 61.4 Å². The molecule has 0 aliphatic carbocycles. The van der Waals surface area contributed by atoms with Crippen LogP contribution in [0.4, 0.5) is 5.69 Å². The van der Waals surface area contributed by atoms with E-state index in [1.54, 1.807) is 24.3 Å². The highest BCUT2D eigenvalue weighted by molar-refractivity contribution is 7.93. The first kappa shape index (κ1) is 22.7. The maximum absolute atomic E-state index is 13.3. The fourth-order valence-corrected chi connectivity index (χ4v) is 4.63. The van der Waals surface area contributed by atoms with Gasteiger partial charge < -0.3 is 9.47 Å². The number of sulfonamides is 1. The lowest BCUT2D eigenvalue weighted by atomic mass is 10.1. The van der Waals surface area contributed by atoms with Crippen molar-refractivity contribution in [1.29, 1.82) is 0 Å². The van der Waals surface area contributed by atoms with E-state index in [0.717, 1.165) is 11.1 Å². The van der Waals surface area contributed by atoms with Crippen LogP contribution in [0.25, 0.3) is 0 Å². The van der Waals surface area contributed by atoms with E-state index in [9.17, 15) is 13.2 Å². The van der Waals surface area contributed by atoms with E-state index in [-0.39, 0.29) is 15.6 Å². The molecule has 1 amide bonds. The molecule has 6 nitrogen and oxygen atoms in total. The van der Waals surface area contributed by atoms with Crippen LogP contribution in [0.3, 0.4) is 0 Å². The maximum Gasteiger partial charge on any atom is 0.278 e. The molecule has 3 aromatic carbocycles. The molecule has 0 saturated heterocycles. The quantitative estimate of drug-likeness (QED) is 0.509. The predicted molar refractivity (Wildman–Crippen MR) is 121 cm³/mol. The molecule has 0 spiro atoms. The van der Waals surface area contributed by atoms with Crippen LogP contribution < -0.4 is 13.8 Å². The molecule has 0 fully saturated rings. The van der Waals surface area contributed by atoms with Gasteiger partial charge in [0, 0.05) is 0 Å². The summed E-state index contributed by atoms with van der Waals surface area (Å²) in [5, 5.41) is 0.177. The zero-order chi connectivity index (χ0) is 22.6. The summed E-state index contributed by atoms with van der Waals surface area (Å²) in [4.78, 5) is 13.1. The lowest BCUT2D eigenvalue weighted by Gasteiger charge is -2.23. The number of amides is 1. The molecule has 0 aromatic heterocycles. The van der Waals surface area contributed by atoms with Crippen molar-refractivity contribution >= 4 is 33.2 Å². The molecule has 0 N–H and O–H groups in total. The van der Waals surface area contributed by atoms with E-state index in [4.69, 9.17) is 21.1 Å². The molecule has 0 heterocycles. The zero-order valence-corrected chi connectivity index (χ0v) is 18.9. The van der Waals surface area contributed by atoms with E-state index < -0.39 is 22.5 Å². The third kappa shape index (κ3) is 5.00. The molecule has 31 heavy (non-hydrogen) atoms. The standard InChI is InChI=1S/C23H22ClNO5S/c1-16-9-10-17(2)22(13-16)30-15-23(26)25(18-11-12-21(29-3)20(24)14-18)31(27,28)19-7-5-4-6-8-19/h4-14H,15H2,1-3H3.